The smallest absolute Gasteiger partial charge is 0.204 e. The number of nitrogens with zero attached hydrogens (tertiary/aromatic N) is 5. The summed E-state index contributed by atoms with van der Waals surface area (Å²) in [6.45, 7) is 11.7. The fourth-order valence-corrected chi connectivity index (χ4v) is 8.55. The average Bonchev–Trinajstić information content (AvgIpc) is 3.62. The lowest BCUT2D eigenvalue weighted by atomic mass is 9.73. The van der Waals surface area contributed by atoms with Crippen LogP contribution in [0.15, 0.2) is 35.9 Å². The molecule has 5 aliphatic rings. The fraction of sp³-hybridized carbons (Fsp3) is 0.667. The minimum atomic E-state index is 0.498. The molecule has 42 heavy (non-hydrogen) atoms. The maximum Gasteiger partial charge on any atom is 0.204 e. The Kier molecular flexibility index (Phi) is 8.61. The number of piperazine rings is 1. The van der Waals surface area contributed by atoms with Gasteiger partial charge in [-0.05, 0) is 87.1 Å². The number of anilines is 1. The van der Waals surface area contributed by atoms with Crippen LogP contribution in [0.5, 0.6) is 0 Å². The molecular formula is C33H46Cl2N6O. The van der Waals surface area contributed by atoms with E-state index < -0.39 is 0 Å². The number of allylic oxidation sites excluding steroid dienone is 2. The molecule has 1 aromatic heterocycles. The van der Waals surface area contributed by atoms with Gasteiger partial charge in [-0.25, -0.2) is 4.98 Å². The molecule has 7 rings (SSSR count). The van der Waals surface area contributed by atoms with E-state index >= 15 is 0 Å². The lowest BCUT2D eigenvalue weighted by molar-refractivity contribution is 0.0424. The summed E-state index contributed by atoms with van der Waals surface area (Å²) in [6.07, 6.45) is 15.0. The lowest BCUT2D eigenvalue weighted by Crippen LogP contribution is -2.46. The highest BCUT2D eigenvalue weighted by Gasteiger charge is 2.60. The van der Waals surface area contributed by atoms with Crippen molar-refractivity contribution in [2.75, 3.05) is 84.1 Å². The van der Waals surface area contributed by atoms with Gasteiger partial charge in [0.25, 0.3) is 0 Å². The first-order valence-electron chi connectivity index (χ1n) is 16.2. The molecule has 2 saturated carbocycles. The quantitative estimate of drug-likeness (QED) is 0.392. The summed E-state index contributed by atoms with van der Waals surface area (Å²) in [5, 5.41) is 1.14. The maximum absolute atomic E-state index is 6.36. The molecule has 2 unspecified atom stereocenters. The Morgan fingerprint density at radius 2 is 1.88 bits per heavy atom. The van der Waals surface area contributed by atoms with Crippen LogP contribution in [-0.2, 0) is 4.74 Å². The number of nitrogens with one attached hydrogen (secondary N) is 1. The fourth-order valence-electron chi connectivity index (χ4n) is 8.22. The van der Waals surface area contributed by atoms with Crippen LogP contribution in [0.25, 0.3) is 11.0 Å². The van der Waals surface area contributed by atoms with E-state index in [1.54, 1.807) is 0 Å². The van der Waals surface area contributed by atoms with E-state index in [1.165, 1.54) is 63.9 Å². The van der Waals surface area contributed by atoms with Gasteiger partial charge in [-0.1, -0.05) is 41.4 Å². The van der Waals surface area contributed by atoms with Gasteiger partial charge in [0, 0.05) is 58.4 Å². The van der Waals surface area contributed by atoms with Crippen molar-refractivity contribution < 1.29 is 4.74 Å². The summed E-state index contributed by atoms with van der Waals surface area (Å²) >= 11 is 12.7. The summed E-state index contributed by atoms with van der Waals surface area (Å²) in [4.78, 5) is 18.9. The van der Waals surface area contributed by atoms with Gasteiger partial charge in [-0.2, -0.15) is 0 Å². The van der Waals surface area contributed by atoms with E-state index in [0.717, 1.165) is 75.3 Å². The molecule has 7 nitrogen and oxygen atoms in total. The predicted octanol–water partition coefficient (Wildman–Crippen LogP) is 5.71. The zero-order valence-corrected chi connectivity index (χ0v) is 26.6. The molecule has 3 heterocycles. The number of benzene rings is 1. The van der Waals surface area contributed by atoms with E-state index in [0.29, 0.717) is 27.4 Å². The highest BCUT2D eigenvalue weighted by atomic mass is 35.5. The molecule has 2 aromatic rings. The van der Waals surface area contributed by atoms with E-state index in [4.69, 9.17) is 32.9 Å². The molecule has 2 saturated heterocycles. The Balaban J connectivity index is 1.04. The first-order chi connectivity index (χ1) is 20.5. The van der Waals surface area contributed by atoms with Gasteiger partial charge in [-0.3, -0.25) is 4.90 Å². The molecule has 2 aliphatic heterocycles. The molecule has 4 atom stereocenters. The van der Waals surface area contributed by atoms with Crippen LogP contribution in [0.2, 0.25) is 10.0 Å². The number of likely N-dealkylation sites (N-methyl/N-ethyl adjacent to an activating group) is 1. The first-order valence-corrected chi connectivity index (χ1v) is 16.9. The second kappa shape index (κ2) is 12.4. The zero-order chi connectivity index (χ0) is 28.7. The topological polar surface area (TPSA) is 50.9 Å². The summed E-state index contributed by atoms with van der Waals surface area (Å²) in [5.41, 5.74) is 3.87. The van der Waals surface area contributed by atoms with Crippen molar-refractivity contribution in [2.45, 2.75) is 44.6 Å². The number of ether oxygens (including phenoxy) is 1. The normalized spacial score (nSPS) is 30.8. The number of H-pyrrole nitrogens is 1. The van der Waals surface area contributed by atoms with Gasteiger partial charge in [0.1, 0.15) is 0 Å². The van der Waals surface area contributed by atoms with Gasteiger partial charge in [0.05, 0.1) is 34.3 Å². The average molecular weight is 614 g/mol. The Morgan fingerprint density at radius 3 is 2.69 bits per heavy atom. The summed E-state index contributed by atoms with van der Waals surface area (Å²) < 4.78 is 5.57. The third-order valence-corrected chi connectivity index (χ3v) is 11.6. The first kappa shape index (κ1) is 29.1. The number of halogens is 2. The molecule has 9 heteroatoms. The zero-order valence-electron chi connectivity index (χ0n) is 25.0. The molecule has 3 aliphatic carbocycles. The van der Waals surface area contributed by atoms with Crippen molar-refractivity contribution >= 4 is 40.2 Å². The molecule has 1 aromatic carbocycles. The minimum absolute atomic E-state index is 0.498. The standard InChI is InChI=1S/C33H46Cl2N6O/c1-38-10-12-39(13-11-38)8-3-9-41(32-36-30-20-28(34)29(35)21-31(30)37-32)27-6-7-33(22-26(33)19-27)25-5-2-4-24(18-25)23-40-14-16-42-17-15-40/h2,4,18,20-21,25-27H,3,5-17,19,22-23H2,1H3,(H,36,37)/t25?,26?,27-,33-/m1/s1. The molecular weight excluding hydrogens is 567 g/mol. The van der Waals surface area contributed by atoms with Gasteiger partial charge in [-0.15, -0.1) is 0 Å². The number of aromatic nitrogens is 2. The molecule has 0 amide bonds. The molecule has 0 radical (unpaired) electrons. The second-order valence-electron chi connectivity index (χ2n) is 13.5. The third kappa shape index (κ3) is 6.15. The Bertz CT molecular complexity index is 1270. The van der Waals surface area contributed by atoms with Crippen molar-refractivity contribution in [1.82, 2.24) is 24.7 Å². The molecule has 228 valence electrons. The number of aromatic amines is 1. The van der Waals surface area contributed by atoms with Gasteiger partial charge >= 0.3 is 0 Å². The highest BCUT2D eigenvalue weighted by molar-refractivity contribution is 6.42. The lowest BCUT2D eigenvalue weighted by Gasteiger charge is -2.40. The maximum atomic E-state index is 6.36. The molecule has 1 N–H and O–H groups in total. The number of hydrogen-bond acceptors (Lipinski definition) is 6. The number of imidazole rings is 1. The summed E-state index contributed by atoms with van der Waals surface area (Å²) in [5.74, 6) is 2.47. The van der Waals surface area contributed by atoms with E-state index in [-0.39, 0.29) is 0 Å². The second-order valence-corrected chi connectivity index (χ2v) is 14.3. The van der Waals surface area contributed by atoms with Gasteiger partial charge < -0.3 is 24.4 Å². The summed E-state index contributed by atoms with van der Waals surface area (Å²) in [6, 6.07) is 4.33. The van der Waals surface area contributed by atoms with Crippen molar-refractivity contribution in [3.05, 3.63) is 46.0 Å². The van der Waals surface area contributed by atoms with Crippen LogP contribution in [0.1, 0.15) is 38.5 Å². The van der Waals surface area contributed by atoms with Crippen LogP contribution in [-0.4, -0.2) is 110 Å². The van der Waals surface area contributed by atoms with Crippen molar-refractivity contribution in [3.8, 4) is 0 Å². The number of hydrogen-bond donors (Lipinski definition) is 1. The number of morpholine rings is 1. The van der Waals surface area contributed by atoms with E-state index in [2.05, 4.69) is 49.9 Å². The Morgan fingerprint density at radius 1 is 1.07 bits per heavy atom. The Labute approximate surface area is 260 Å². The predicted molar refractivity (Wildman–Crippen MR) is 173 cm³/mol. The summed E-state index contributed by atoms with van der Waals surface area (Å²) in [7, 11) is 2.23. The van der Waals surface area contributed by atoms with Crippen LogP contribution >= 0.6 is 23.2 Å². The van der Waals surface area contributed by atoms with Crippen molar-refractivity contribution in [1.29, 1.82) is 0 Å². The molecule has 0 bridgehead atoms. The SMILES string of the molecule is CN1CCN(CCCN(c2nc3cc(Cl)c(Cl)cc3[nH]2)[C@@H]2CC[C@]3(C4C=C(CN5CCOCC5)C=CC4)CC3C2)CC1. The van der Waals surface area contributed by atoms with E-state index in [9.17, 15) is 0 Å². The number of fused-ring (bicyclic) bond motifs is 2. The van der Waals surface area contributed by atoms with Crippen molar-refractivity contribution in [2.24, 2.45) is 17.3 Å². The van der Waals surface area contributed by atoms with Crippen molar-refractivity contribution in [3.63, 3.8) is 0 Å². The minimum Gasteiger partial charge on any atom is -0.379 e. The monoisotopic (exact) mass is 612 g/mol. The van der Waals surface area contributed by atoms with Crippen LogP contribution in [0.3, 0.4) is 0 Å². The largest absolute Gasteiger partial charge is 0.379 e. The molecule has 4 fully saturated rings. The van der Waals surface area contributed by atoms with Gasteiger partial charge in [0.15, 0.2) is 0 Å². The van der Waals surface area contributed by atoms with Gasteiger partial charge in [0.2, 0.25) is 5.95 Å². The molecule has 0 spiro atoms. The number of rotatable bonds is 9. The van der Waals surface area contributed by atoms with E-state index in [1.807, 2.05) is 12.1 Å². The van der Waals surface area contributed by atoms with Crippen LogP contribution in [0.4, 0.5) is 5.95 Å². The Hall–Kier alpha value is -1.61. The highest BCUT2D eigenvalue weighted by Crippen LogP contribution is 2.67. The van der Waals surface area contributed by atoms with Crippen LogP contribution < -0.4 is 4.90 Å². The van der Waals surface area contributed by atoms with Crippen LogP contribution in [0, 0.1) is 17.3 Å². The third-order valence-electron chi connectivity index (χ3n) is 10.9.